The van der Waals surface area contributed by atoms with E-state index in [1.807, 2.05) is 19.0 Å². The number of unbranched alkanes of at least 4 members (excludes halogenated alkanes) is 4. The van der Waals surface area contributed by atoms with E-state index in [0.29, 0.717) is 12.1 Å². The van der Waals surface area contributed by atoms with Crippen LogP contribution in [0.1, 0.15) is 55.8 Å². The predicted molar refractivity (Wildman–Crippen MR) is 89.7 cm³/mol. The van der Waals surface area contributed by atoms with Crippen molar-refractivity contribution in [2.75, 3.05) is 24.3 Å². The maximum absolute atomic E-state index is 12.0. The molecule has 1 aromatic rings. The van der Waals surface area contributed by atoms with Crippen LogP contribution in [-0.2, 0) is 4.79 Å². The average Bonchev–Trinajstić information content (AvgIpc) is 2.46. The number of benzene rings is 1. The summed E-state index contributed by atoms with van der Waals surface area (Å²) in [6.45, 7) is 2.16. The second kappa shape index (κ2) is 9.07. The minimum Gasteiger partial charge on any atom is -0.478 e. The molecule has 5 heteroatoms. The lowest BCUT2D eigenvalue weighted by atomic mass is 10.1. The van der Waals surface area contributed by atoms with Crippen molar-refractivity contribution in [3.63, 3.8) is 0 Å². The van der Waals surface area contributed by atoms with Gasteiger partial charge in [0, 0.05) is 20.5 Å². The van der Waals surface area contributed by atoms with Gasteiger partial charge in [-0.1, -0.05) is 32.6 Å². The number of amides is 1. The number of carboxylic acids is 1. The molecule has 0 saturated carbocycles. The summed E-state index contributed by atoms with van der Waals surface area (Å²) < 4.78 is 0. The molecule has 0 radical (unpaired) electrons. The Bertz CT molecular complexity index is 513. The molecule has 0 aliphatic carbocycles. The Kier molecular flexibility index (Phi) is 7.43. The molecule has 0 aromatic heterocycles. The van der Waals surface area contributed by atoms with Gasteiger partial charge in [-0.3, -0.25) is 4.79 Å². The summed E-state index contributed by atoms with van der Waals surface area (Å²) >= 11 is 0. The van der Waals surface area contributed by atoms with Gasteiger partial charge < -0.3 is 15.3 Å². The van der Waals surface area contributed by atoms with E-state index >= 15 is 0 Å². The summed E-state index contributed by atoms with van der Waals surface area (Å²) in [5.74, 6) is -1.07. The van der Waals surface area contributed by atoms with Crippen LogP contribution in [0.5, 0.6) is 0 Å². The molecule has 122 valence electrons. The molecule has 2 N–H and O–H groups in total. The SMILES string of the molecule is CCCCCCCC(=O)Nc1cc(C(=O)O)ccc1N(C)C. The molecule has 22 heavy (non-hydrogen) atoms. The monoisotopic (exact) mass is 306 g/mol. The molecule has 0 heterocycles. The largest absolute Gasteiger partial charge is 0.478 e. The van der Waals surface area contributed by atoms with Crippen molar-refractivity contribution in [1.82, 2.24) is 0 Å². The smallest absolute Gasteiger partial charge is 0.335 e. The maximum Gasteiger partial charge on any atom is 0.335 e. The Morgan fingerprint density at radius 1 is 1.14 bits per heavy atom. The zero-order valence-corrected chi connectivity index (χ0v) is 13.7. The molecule has 0 aliphatic rings. The fourth-order valence-electron chi connectivity index (χ4n) is 2.26. The van der Waals surface area contributed by atoms with Crippen molar-refractivity contribution in [3.05, 3.63) is 23.8 Å². The van der Waals surface area contributed by atoms with Gasteiger partial charge in [0.25, 0.3) is 0 Å². The van der Waals surface area contributed by atoms with Crippen LogP contribution >= 0.6 is 0 Å². The van der Waals surface area contributed by atoms with Crippen molar-refractivity contribution in [3.8, 4) is 0 Å². The highest BCUT2D eigenvalue weighted by atomic mass is 16.4. The van der Waals surface area contributed by atoms with Crippen LogP contribution in [0.3, 0.4) is 0 Å². The van der Waals surface area contributed by atoms with Crippen molar-refractivity contribution in [1.29, 1.82) is 0 Å². The first-order valence-corrected chi connectivity index (χ1v) is 7.80. The van der Waals surface area contributed by atoms with Crippen molar-refractivity contribution < 1.29 is 14.7 Å². The number of nitrogens with one attached hydrogen (secondary N) is 1. The standard InChI is InChI=1S/C17H26N2O3/c1-4-5-6-7-8-9-16(20)18-14-12-13(17(21)22)10-11-15(14)19(2)3/h10-12H,4-9H2,1-3H3,(H,18,20)(H,21,22). The number of hydrogen-bond acceptors (Lipinski definition) is 3. The van der Waals surface area contributed by atoms with E-state index < -0.39 is 5.97 Å². The quantitative estimate of drug-likeness (QED) is 0.682. The third-order valence-electron chi connectivity index (χ3n) is 3.51. The van der Waals surface area contributed by atoms with Crippen molar-refractivity contribution in [2.45, 2.75) is 45.4 Å². The third kappa shape index (κ3) is 5.76. The zero-order chi connectivity index (χ0) is 16.5. The molecule has 1 rings (SSSR count). The van der Waals surface area contributed by atoms with Crippen LogP contribution in [0, 0.1) is 0 Å². The van der Waals surface area contributed by atoms with Gasteiger partial charge in [-0.05, 0) is 24.6 Å². The molecule has 0 spiro atoms. The summed E-state index contributed by atoms with van der Waals surface area (Å²) in [5.41, 5.74) is 1.51. The Hall–Kier alpha value is -2.04. The average molecular weight is 306 g/mol. The van der Waals surface area contributed by atoms with Crippen LogP contribution in [0.15, 0.2) is 18.2 Å². The zero-order valence-electron chi connectivity index (χ0n) is 13.7. The Morgan fingerprint density at radius 3 is 2.41 bits per heavy atom. The second-order valence-corrected chi connectivity index (χ2v) is 5.64. The Labute approximate surface area is 132 Å². The van der Waals surface area contributed by atoms with E-state index in [4.69, 9.17) is 5.11 Å². The fourth-order valence-corrected chi connectivity index (χ4v) is 2.26. The molecule has 1 amide bonds. The number of rotatable bonds is 9. The van der Waals surface area contributed by atoms with E-state index in [-0.39, 0.29) is 11.5 Å². The highest BCUT2D eigenvalue weighted by Crippen LogP contribution is 2.26. The first-order valence-electron chi connectivity index (χ1n) is 7.80. The van der Waals surface area contributed by atoms with Crippen LogP contribution in [0.25, 0.3) is 0 Å². The van der Waals surface area contributed by atoms with E-state index in [2.05, 4.69) is 12.2 Å². The number of carboxylic acid groups (broad SMARTS) is 1. The van der Waals surface area contributed by atoms with Crippen molar-refractivity contribution in [2.24, 2.45) is 0 Å². The van der Waals surface area contributed by atoms with Crippen LogP contribution < -0.4 is 10.2 Å². The van der Waals surface area contributed by atoms with Gasteiger partial charge in [0.05, 0.1) is 16.9 Å². The van der Waals surface area contributed by atoms with E-state index in [1.165, 1.54) is 25.0 Å². The lowest BCUT2D eigenvalue weighted by molar-refractivity contribution is -0.116. The highest BCUT2D eigenvalue weighted by molar-refractivity contribution is 5.97. The summed E-state index contributed by atoms with van der Waals surface area (Å²) in [4.78, 5) is 24.9. The molecule has 0 unspecified atom stereocenters. The fraction of sp³-hybridized carbons (Fsp3) is 0.529. The number of aromatic carboxylic acids is 1. The van der Waals surface area contributed by atoms with E-state index in [0.717, 1.165) is 24.9 Å². The molecule has 0 aliphatic heterocycles. The molecule has 0 atom stereocenters. The number of carbonyl (C=O) groups is 2. The Balaban J connectivity index is 2.67. The molecule has 0 bridgehead atoms. The summed E-state index contributed by atoms with van der Waals surface area (Å²) in [5, 5.41) is 11.9. The van der Waals surface area contributed by atoms with Gasteiger partial charge >= 0.3 is 5.97 Å². The first kappa shape index (κ1) is 18.0. The van der Waals surface area contributed by atoms with Gasteiger partial charge in [-0.15, -0.1) is 0 Å². The van der Waals surface area contributed by atoms with Crippen LogP contribution in [0.4, 0.5) is 11.4 Å². The predicted octanol–water partition coefficient (Wildman–Crippen LogP) is 3.75. The lowest BCUT2D eigenvalue weighted by Crippen LogP contribution is -2.17. The molecular weight excluding hydrogens is 280 g/mol. The molecule has 1 aromatic carbocycles. The topological polar surface area (TPSA) is 69.6 Å². The minimum absolute atomic E-state index is 0.0675. The van der Waals surface area contributed by atoms with Crippen LogP contribution in [-0.4, -0.2) is 31.1 Å². The highest BCUT2D eigenvalue weighted by Gasteiger charge is 2.12. The first-order chi connectivity index (χ1) is 10.5. The number of nitrogens with zero attached hydrogens (tertiary/aromatic N) is 1. The van der Waals surface area contributed by atoms with Gasteiger partial charge in [0.1, 0.15) is 0 Å². The summed E-state index contributed by atoms with van der Waals surface area (Å²) in [7, 11) is 3.71. The third-order valence-corrected chi connectivity index (χ3v) is 3.51. The lowest BCUT2D eigenvalue weighted by Gasteiger charge is -2.18. The molecule has 5 nitrogen and oxygen atoms in total. The summed E-state index contributed by atoms with van der Waals surface area (Å²) in [6, 6.07) is 4.75. The van der Waals surface area contributed by atoms with Gasteiger partial charge in [-0.2, -0.15) is 0 Å². The second-order valence-electron chi connectivity index (χ2n) is 5.64. The molecular formula is C17H26N2O3. The minimum atomic E-state index is -1.000. The molecule has 0 saturated heterocycles. The number of hydrogen-bond donors (Lipinski definition) is 2. The van der Waals surface area contributed by atoms with Gasteiger partial charge in [-0.25, -0.2) is 4.79 Å². The van der Waals surface area contributed by atoms with Gasteiger partial charge in [0.15, 0.2) is 0 Å². The van der Waals surface area contributed by atoms with Crippen LogP contribution in [0.2, 0.25) is 0 Å². The maximum atomic E-state index is 12.0. The molecule has 0 fully saturated rings. The van der Waals surface area contributed by atoms with E-state index in [9.17, 15) is 9.59 Å². The summed E-state index contributed by atoms with van der Waals surface area (Å²) in [6.07, 6.45) is 5.92. The van der Waals surface area contributed by atoms with Crippen molar-refractivity contribution >= 4 is 23.3 Å². The number of carbonyl (C=O) groups excluding carboxylic acids is 1. The van der Waals surface area contributed by atoms with Gasteiger partial charge in [0.2, 0.25) is 5.91 Å². The normalized spacial score (nSPS) is 10.3. The Morgan fingerprint density at radius 2 is 1.82 bits per heavy atom. The van der Waals surface area contributed by atoms with E-state index in [1.54, 1.807) is 6.07 Å². The number of anilines is 2.